The average molecular weight is 180 g/mol. The van der Waals surface area contributed by atoms with Gasteiger partial charge in [-0.1, -0.05) is 11.8 Å². The summed E-state index contributed by atoms with van der Waals surface area (Å²) < 4.78 is 0. The summed E-state index contributed by atoms with van der Waals surface area (Å²) in [6.07, 6.45) is 14.5. The van der Waals surface area contributed by atoms with Crippen molar-refractivity contribution in [2.24, 2.45) is 11.8 Å². The highest BCUT2D eigenvalue weighted by Gasteiger charge is 2.17. The third kappa shape index (κ3) is 3.31. The molecule has 1 fully saturated rings. The molecule has 0 saturated heterocycles. The van der Waals surface area contributed by atoms with E-state index in [1.54, 1.807) is 0 Å². The minimum Gasteiger partial charge on any atom is -0.106 e. The van der Waals surface area contributed by atoms with Gasteiger partial charge in [0.15, 0.2) is 0 Å². The van der Waals surface area contributed by atoms with Crippen LogP contribution in [0.15, 0.2) is 0 Å². The first-order valence-corrected chi connectivity index (χ1v) is 4.79. The van der Waals surface area contributed by atoms with E-state index in [2.05, 4.69) is 35.5 Å². The largest absolute Gasteiger partial charge is 0.106 e. The van der Waals surface area contributed by atoms with Crippen molar-refractivity contribution in [1.29, 1.82) is 0 Å². The predicted molar refractivity (Wildman–Crippen MR) is 58.7 cm³/mol. The van der Waals surface area contributed by atoms with E-state index in [9.17, 15) is 0 Å². The van der Waals surface area contributed by atoms with Crippen molar-refractivity contribution >= 4 is 0 Å². The first kappa shape index (κ1) is 10.3. The van der Waals surface area contributed by atoms with Crippen LogP contribution in [0.1, 0.15) is 25.7 Å². The molecule has 0 radical (unpaired) electrons. The molecule has 0 spiro atoms. The molecule has 1 rings (SSSR count). The van der Waals surface area contributed by atoms with Gasteiger partial charge in [-0.3, -0.25) is 0 Å². The van der Waals surface area contributed by atoms with Crippen molar-refractivity contribution in [2.45, 2.75) is 25.7 Å². The van der Waals surface area contributed by atoms with Crippen LogP contribution in [0.4, 0.5) is 0 Å². The Morgan fingerprint density at radius 1 is 0.714 bits per heavy atom. The van der Waals surface area contributed by atoms with E-state index in [0.717, 1.165) is 25.7 Å². The minimum atomic E-state index is 0.468. The number of hydrogen-bond acceptors (Lipinski definition) is 0. The van der Waals surface area contributed by atoms with Crippen molar-refractivity contribution in [1.82, 2.24) is 0 Å². The molecule has 0 aromatic heterocycles. The van der Waals surface area contributed by atoms with E-state index in [1.165, 1.54) is 0 Å². The third-order valence-electron chi connectivity index (χ3n) is 2.42. The Morgan fingerprint density at radius 2 is 1.07 bits per heavy atom. The lowest BCUT2D eigenvalue weighted by molar-refractivity contribution is 0.373. The van der Waals surface area contributed by atoms with E-state index in [1.807, 2.05) is 0 Å². The van der Waals surface area contributed by atoms with Gasteiger partial charge >= 0.3 is 0 Å². The average Bonchev–Trinajstić information content (AvgIpc) is 2.25. The molecule has 0 aromatic carbocycles. The Labute approximate surface area is 86.5 Å². The highest BCUT2D eigenvalue weighted by molar-refractivity contribution is 5.25. The summed E-state index contributed by atoms with van der Waals surface area (Å²) in [6, 6.07) is 0. The Kier molecular flexibility index (Phi) is 4.29. The summed E-state index contributed by atoms with van der Waals surface area (Å²) in [7, 11) is 0. The van der Waals surface area contributed by atoms with E-state index >= 15 is 0 Å². The molecule has 0 N–H and O–H groups in total. The second kappa shape index (κ2) is 5.81. The first-order valence-electron chi connectivity index (χ1n) is 4.79. The molecule has 0 aliphatic heterocycles. The van der Waals surface area contributed by atoms with E-state index in [0.29, 0.717) is 11.8 Å². The molecular formula is C14H12. The zero-order valence-electron chi connectivity index (χ0n) is 8.14. The molecule has 0 heteroatoms. The normalized spacial score (nSPS) is 24.1. The van der Waals surface area contributed by atoms with Crippen LogP contribution in [0.5, 0.6) is 0 Å². The Balaban J connectivity index is 2.40. The second-order valence-electron chi connectivity index (χ2n) is 3.38. The molecule has 1 aliphatic rings. The fourth-order valence-corrected chi connectivity index (χ4v) is 1.67. The van der Waals surface area contributed by atoms with Gasteiger partial charge < -0.3 is 0 Å². The fourth-order valence-electron chi connectivity index (χ4n) is 1.67. The summed E-state index contributed by atoms with van der Waals surface area (Å²) in [6.45, 7) is 0. The molecule has 0 unspecified atom stereocenters. The fraction of sp³-hybridized carbons (Fsp3) is 0.429. The third-order valence-corrected chi connectivity index (χ3v) is 2.42. The summed E-state index contributed by atoms with van der Waals surface area (Å²) in [4.78, 5) is 0. The Morgan fingerprint density at radius 3 is 1.36 bits per heavy atom. The van der Waals surface area contributed by atoms with Crippen molar-refractivity contribution in [3.05, 3.63) is 0 Å². The van der Waals surface area contributed by atoms with Crippen LogP contribution >= 0.6 is 0 Å². The van der Waals surface area contributed by atoms with Crippen molar-refractivity contribution in [2.75, 3.05) is 0 Å². The molecule has 0 heterocycles. The van der Waals surface area contributed by atoms with Gasteiger partial charge in [-0.25, -0.2) is 0 Å². The SMILES string of the molecule is C#CC#CC1CCC(C#CC#C)CC1. The number of hydrogen-bond donors (Lipinski definition) is 0. The monoisotopic (exact) mass is 180 g/mol. The molecule has 1 aliphatic carbocycles. The molecule has 0 aromatic rings. The maximum atomic E-state index is 5.07. The van der Waals surface area contributed by atoms with Crippen LogP contribution in [-0.2, 0) is 0 Å². The second-order valence-corrected chi connectivity index (χ2v) is 3.38. The molecule has 0 bridgehead atoms. The molecule has 14 heavy (non-hydrogen) atoms. The predicted octanol–water partition coefficient (Wildman–Crippen LogP) is 2.07. The molecule has 68 valence electrons. The van der Waals surface area contributed by atoms with Crippen LogP contribution < -0.4 is 0 Å². The highest BCUT2D eigenvalue weighted by Crippen LogP contribution is 2.27. The van der Waals surface area contributed by atoms with Gasteiger partial charge in [0.1, 0.15) is 0 Å². The molecule has 0 nitrogen and oxygen atoms in total. The van der Waals surface area contributed by atoms with Crippen LogP contribution in [0.2, 0.25) is 0 Å². The lowest BCUT2D eigenvalue weighted by Crippen LogP contribution is -2.11. The number of rotatable bonds is 0. The Bertz CT molecular complexity index is 330. The van der Waals surface area contributed by atoms with Crippen LogP contribution in [-0.4, -0.2) is 0 Å². The van der Waals surface area contributed by atoms with Crippen molar-refractivity contribution in [3.63, 3.8) is 0 Å². The molecule has 1 saturated carbocycles. The molecule has 0 atom stereocenters. The van der Waals surface area contributed by atoms with Crippen LogP contribution in [0.25, 0.3) is 0 Å². The Hall–Kier alpha value is -1.76. The summed E-state index contributed by atoms with van der Waals surface area (Å²) >= 11 is 0. The topological polar surface area (TPSA) is 0 Å². The van der Waals surface area contributed by atoms with Crippen molar-refractivity contribution < 1.29 is 0 Å². The van der Waals surface area contributed by atoms with E-state index < -0.39 is 0 Å². The van der Waals surface area contributed by atoms with Gasteiger partial charge in [0.05, 0.1) is 0 Å². The summed E-state index contributed by atoms with van der Waals surface area (Å²) in [5.74, 6) is 17.1. The lowest BCUT2D eigenvalue weighted by Gasteiger charge is -2.21. The minimum absolute atomic E-state index is 0.468. The lowest BCUT2D eigenvalue weighted by atomic mass is 9.83. The van der Waals surface area contributed by atoms with Gasteiger partial charge in [-0.05, 0) is 49.4 Å². The van der Waals surface area contributed by atoms with Crippen molar-refractivity contribution in [3.8, 4) is 48.4 Å². The van der Waals surface area contributed by atoms with E-state index in [4.69, 9.17) is 12.8 Å². The van der Waals surface area contributed by atoms with Crippen LogP contribution in [0, 0.1) is 60.2 Å². The van der Waals surface area contributed by atoms with Gasteiger partial charge in [0, 0.05) is 11.8 Å². The highest BCUT2D eigenvalue weighted by atomic mass is 14.2. The smallest absolute Gasteiger partial charge is 0.0214 e. The summed E-state index contributed by atoms with van der Waals surface area (Å²) in [5.41, 5.74) is 0. The molecular weight excluding hydrogens is 168 g/mol. The standard InChI is InChI=1S/C14H12/c1-3-5-7-13-9-11-14(12-10-13)8-6-4-2/h1-2,13-14H,9-12H2. The summed E-state index contributed by atoms with van der Waals surface area (Å²) in [5, 5.41) is 0. The molecule has 0 amide bonds. The first-order chi connectivity index (χ1) is 6.86. The zero-order valence-corrected chi connectivity index (χ0v) is 8.14. The maximum Gasteiger partial charge on any atom is 0.0214 e. The van der Waals surface area contributed by atoms with Gasteiger partial charge in [-0.15, -0.1) is 12.8 Å². The van der Waals surface area contributed by atoms with Crippen LogP contribution in [0.3, 0.4) is 0 Å². The van der Waals surface area contributed by atoms with Gasteiger partial charge in [-0.2, -0.15) is 0 Å². The van der Waals surface area contributed by atoms with Gasteiger partial charge in [0.2, 0.25) is 0 Å². The number of terminal acetylenes is 2. The quantitative estimate of drug-likeness (QED) is 0.501. The van der Waals surface area contributed by atoms with Gasteiger partial charge in [0.25, 0.3) is 0 Å². The maximum absolute atomic E-state index is 5.07. The zero-order chi connectivity index (χ0) is 10.2. The van der Waals surface area contributed by atoms with E-state index in [-0.39, 0.29) is 0 Å².